The zero-order chi connectivity index (χ0) is 15.6. The predicted octanol–water partition coefficient (Wildman–Crippen LogP) is 2.92. The van der Waals surface area contributed by atoms with E-state index < -0.39 is 0 Å². The fourth-order valence-corrected chi connectivity index (χ4v) is 2.70. The molecular formula is C17H23N3OS. The van der Waals surface area contributed by atoms with E-state index in [1.807, 2.05) is 37.3 Å². The van der Waals surface area contributed by atoms with Gasteiger partial charge in [0.05, 0.1) is 6.54 Å². The number of para-hydroxylation sites is 1. The van der Waals surface area contributed by atoms with Gasteiger partial charge in [-0.25, -0.2) is 0 Å². The summed E-state index contributed by atoms with van der Waals surface area (Å²) in [6, 6.07) is 14.1. The monoisotopic (exact) mass is 317 g/mol. The molecule has 1 unspecified atom stereocenters. The predicted molar refractivity (Wildman–Crippen MR) is 93.9 cm³/mol. The number of benzene rings is 1. The highest BCUT2D eigenvalue weighted by Crippen LogP contribution is 2.10. The molecule has 4 nitrogen and oxygen atoms in total. The Kier molecular flexibility index (Phi) is 6.77. The minimum absolute atomic E-state index is 0.0678. The lowest BCUT2D eigenvalue weighted by Gasteiger charge is -2.17. The van der Waals surface area contributed by atoms with Crippen LogP contribution in [0.15, 0.2) is 52.8 Å². The maximum atomic E-state index is 5.83. The molecule has 5 heteroatoms. The van der Waals surface area contributed by atoms with E-state index in [0.29, 0.717) is 6.54 Å². The van der Waals surface area contributed by atoms with Crippen molar-refractivity contribution in [1.82, 2.24) is 10.6 Å². The van der Waals surface area contributed by atoms with Crippen molar-refractivity contribution in [2.24, 2.45) is 4.99 Å². The summed E-state index contributed by atoms with van der Waals surface area (Å²) < 4.78 is 5.83. The largest absolute Gasteiger partial charge is 0.489 e. The van der Waals surface area contributed by atoms with Crippen LogP contribution in [-0.2, 0) is 6.42 Å². The second-order valence-electron chi connectivity index (χ2n) is 4.95. The third kappa shape index (κ3) is 5.77. The molecule has 118 valence electrons. The van der Waals surface area contributed by atoms with Gasteiger partial charge in [-0.15, -0.1) is 11.3 Å². The average Bonchev–Trinajstić information content (AvgIpc) is 3.05. The van der Waals surface area contributed by atoms with E-state index >= 15 is 0 Å². The van der Waals surface area contributed by atoms with E-state index in [4.69, 9.17) is 4.74 Å². The van der Waals surface area contributed by atoms with Crippen LogP contribution in [0.2, 0.25) is 0 Å². The first-order chi connectivity index (χ1) is 10.8. The Hall–Kier alpha value is -2.01. The van der Waals surface area contributed by atoms with Crippen molar-refractivity contribution in [3.05, 3.63) is 52.7 Å². The standard InChI is InChI=1S/C17H23N3OS/c1-14(21-15-7-4-3-5-8-15)13-20-17(18-2)19-11-10-16-9-6-12-22-16/h3-9,12,14H,10-11,13H2,1-2H3,(H2,18,19,20). The van der Waals surface area contributed by atoms with Crippen LogP contribution in [0.5, 0.6) is 5.75 Å². The summed E-state index contributed by atoms with van der Waals surface area (Å²) >= 11 is 1.78. The molecule has 0 amide bonds. The molecule has 1 heterocycles. The van der Waals surface area contributed by atoms with E-state index in [-0.39, 0.29) is 6.10 Å². The van der Waals surface area contributed by atoms with Gasteiger partial charge < -0.3 is 15.4 Å². The van der Waals surface area contributed by atoms with Gasteiger partial charge in [0.2, 0.25) is 0 Å². The summed E-state index contributed by atoms with van der Waals surface area (Å²) in [6.45, 7) is 3.61. The van der Waals surface area contributed by atoms with Crippen molar-refractivity contribution >= 4 is 17.3 Å². The molecule has 1 aromatic heterocycles. The molecule has 2 N–H and O–H groups in total. The Bertz CT molecular complexity index is 555. The highest BCUT2D eigenvalue weighted by Gasteiger charge is 2.05. The zero-order valence-electron chi connectivity index (χ0n) is 13.1. The number of hydrogen-bond acceptors (Lipinski definition) is 3. The second kappa shape index (κ2) is 9.10. The smallest absolute Gasteiger partial charge is 0.191 e. The molecule has 0 radical (unpaired) electrons. The summed E-state index contributed by atoms with van der Waals surface area (Å²) in [4.78, 5) is 5.61. The molecule has 0 bridgehead atoms. The van der Waals surface area contributed by atoms with Crippen LogP contribution >= 0.6 is 11.3 Å². The van der Waals surface area contributed by atoms with Crippen molar-refractivity contribution in [1.29, 1.82) is 0 Å². The Balaban J connectivity index is 1.67. The van der Waals surface area contributed by atoms with Gasteiger partial charge in [-0.1, -0.05) is 24.3 Å². The van der Waals surface area contributed by atoms with E-state index in [0.717, 1.165) is 24.7 Å². The van der Waals surface area contributed by atoms with Gasteiger partial charge in [-0.3, -0.25) is 4.99 Å². The van der Waals surface area contributed by atoms with Gasteiger partial charge in [0.25, 0.3) is 0 Å². The van der Waals surface area contributed by atoms with Gasteiger partial charge in [-0.05, 0) is 36.9 Å². The van der Waals surface area contributed by atoms with Crippen molar-refractivity contribution in [3.63, 3.8) is 0 Å². The maximum Gasteiger partial charge on any atom is 0.191 e. The molecule has 1 aromatic carbocycles. The summed E-state index contributed by atoms with van der Waals surface area (Å²) in [5, 5.41) is 8.71. The van der Waals surface area contributed by atoms with Gasteiger partial charge in [0, 0.05) is 18.5 Å². The molecule has 1 atom stereocenters. The molecule has 22 heavy (non-hydrogen) atoms. The Morgan fingerprint density at radius 1 is 1.18 bits per heavy atom. The molecule has 0 spiro atoms. The first-order valence-electron chi connectivity index (χ1n) is 7.46. The van der Waals surface area contributed by atoms with Gasteiger partial charge in [0.1, 0.15) is 11.9 Å². The van der Waals surface area contributed by atoms with Gasteiger partial charge in [0.15, 0.2) is 5.96 Å². The van der Waals surface area contributed by atoms with Crippen LogP contribution in [0.4, 0.5) is 0 Å². The van der Waals surface area contributed by atoms with E-state index in [2.05, 4.69) is 33.1 Å². The van der Waals surface area contributed by atoms with Crippen LogP contribution in [0.25, 0.3) is 0 Å². The third-order valence-corrected chi connectivity index (χ3v) is 4.04. The number of guanidine groups is 1. The highest BCUT2D eigenvalue weighted by atomic mass is 32.1. The fourth-order valence-electron chi connectivity index (χ4n) is 1.99. The van der Waals surface area contributed by atoms with Crippen LogP contribution in [0.3, 0.4) is 0 Å². The number of nitrogens with one attached hydrogen (secondary N) is 2. The normalized spacial score (nSPS) is 12.7. The Labute approximate surface area is 136 Å². The number of thiophene rings is 1. The van der Waals surface area contributed by atoms with Crippen molar-refractivity contribution in [2.45, 2.75) is 19.4 Å². The van der Waals surface area contributed by atoms with E-state index in [1.165, 1.54) is 4.88 Å². The SMILES string of the molecule is CN=C(NCCc1cccs1)NCC(C)Oc1ccccc1. The first-order valence-corrected chi connectivity index (χ1v) is 8.34. The van der Waals surface area contributed by atoms with Crippen molar-refractivity contribution in [3.8, 4) is 5.75 Å². The molecule has 2 aromatic rings. The minimum Gasteiger partial charge on any atom is -0.489 e. The fraction of sp³-hybridized carbons (Fsp3) is 0.353. The number of rotatable bonds is 7. The second-order valence-corrected chi connectivity index (χ2v) is 5.98. The van der Waals surface area contributed by atoms with Gasteiger partial charge in [-0.2, -0.15) is 0 Å². The van der Waals surface area contributed by atoms with Crippen LogP contribution in [-0.4, -0.2) is 32.2 Å². The van der Waals surface area contributed by atoms with Crippen LogP contribution in [0, 0.1) is 0 Å². The molecule has 0 aliphatic heterocycles. The minimum atomic E-state index is 0.0678. The highest BCUT2D eigenvalue weighted by molar-refractivity contribution is 7.09. The van der Waals surface area contributed by atoms with Crippen molar-refractivity contribution < 1.29 is 4.74 Å². The molecule has 0 aliphatic rings. The first kappa shape index (κ1) is 16.4. The summed E-state index contributed by atoms with van der Waals surface area (Å²) in [6.07, 6.45) is 1.08. The summed E-state index contributed by atoms with van der Waals surface area (Å²) in [7, 11) is 1.78. The van der Waals surface area contributed by atoms with E-state index in [1.54, 1.807) is 18.4 Å². The Morgan fingerprint density at radius 3 is 2.68 bits per heavy atom. The molecule has 0 saturated heterocycles. The van der Waals surface area contributed by atoms with Crippen LogP contribution < -0.4 is 15.4 Å². The number of aliphatic imine (C=N–C) groups is 1. The Morgan fingerprint density at radius 2 is 2.00 bits per heavy atom. The quantitative estimate of drug-likeness (QED) is 0.610. The zero-order valence-corrected chi connectivity index (χ0v) is 13.9. The topological polar surface area (TPSA) is 45.7 Å². The average molecular weight is 317 g/mol. The molecule has 0 saturated carbocycles. The van der Waals surface area contributed by atoms with Gasteiger partial charge >= 0.3 is 0 Å². The summed E-state index contributed by atoms with van der Waals surface area (Å²) in [5.41, 5.74) is 0. The molecule has 0 fully saturated rings. The molecule has 0 aliphatic carbocycles. The lowest BCUT2D eigenvalue weighted by Crippen LogP contribution is -2.42. The number of ether oxygens (including phenoxy) is 1. The summed E-state index contributed by atoms with van der Waals surface area (Å²) in [5.74, 6) is 1.69. The van der Waals surface area contributed by atoms with Crippen LogP contribution in [0.1, 0.15) is 11.8 Å². The molecular weight excluding hydrogens is 294 g/mol. The number of nitrogens with zero attached hydrogens (tertiary/aromatic N) is 1. The van der Waals surface area contributed by atoms with Crippen molar-refractivity contribution in [2.75, 3.05) is 20.1 Å². The lowest BCUT2D eigenvalue weighted by molar-refractivity contribution is 0.224. The lowest BCUT2D eigenvalue weighted by atomic mass is 10.3. The third-order valence-electron chi connectivity index (χ3n) is 3.10. The molecule has 2 rings (SSSR count). The van der Waals surface area contributed by atoms with E-state index in [9.17, 15) is 0 Å². The maximum absolute atomic E-state index is 5.83. The number of hydrogen-bond donors (Lipinski definition) is 2.